The highest BCUT2D eigenvalue weighted by atomic mass is 19.4. The normalized spacial score (nSPS) is 30.1. The van der Waals surface area contributed by atoms with Crippen LogP contribution in [0, 0.1) is 5.92 Å². The predicted molar refractivity (Wildman–Crippen MR) is 63.6 cm³/mol. The minimum atomic E-state index is -4.16. The van der Waals surface area contributed by atoms with Crippen LogP contribution >= 0.6 is 0 Å². The van der Waals surface area contributed by atoms with Gasteiger partial charge in [-0.05, 0) is 38.6 Å². The summed E-state index contributed by atoms with van der Waals surface area (Å²) in [6, 6.07) is 0. The summed E-state index contributed by atoms with van der Waals surface area (Å²) in [5, 5.41) is 9.69. The van der Waals surface area contributed by atoms with Gasteiger partial charge in [-0.1, -0.05) is 0 Å². The molecule has 7 heteroatoms. The maximum Gasteiger partial charge on any atom is 0.389 e. The van der Waals surface area contributed by atoms with Gasteiger partial charge >= 0.3 is 6.18 Å². The zero-order valence-electron chi connectivity index (χ0n) is 11.2. The van der Waals surface area contributed by atoms with Crippen molar-refractivity contribution in [2.75, 3.05) is 13.1 Å². The second-order valence-corrected chi connectivity index (χ2v) is 5.95. The number of aliphatic hydroxyl groups is 1. The van der Waals surface area contributed by atoms with Crippen molar-refractivity contribution in [3.63, 3.8) is 0 Å². The molecule has 1 aliphatic heterocycles. The number of aliphatic hydroxyl groups excluding tert-OH is 1. The van der Waals surface area contributed by atoms with Gasteiger partial charge in [0, 0.05) is 24.4 Å². The van der Waals surface area contributed by atoms with Crippen LogP contribution < -0.4 is 0 Å². The summed E-state index contributed by atoms with van der Waals surface area (Å²) in [6.45, 7) is 0.658. The number of halogens is 5. The van der Waals surface area contributed by atoms with Crippen LogP contribution in [0.2, 0.25) is 0 Å². The van der Waals surface area contributed by atoms with Gasteiger partial charge in [-0.2, -0.15) is 13.2 Å². The summed E-state index contributed by atoms with van der Waals surface area (Å²) in [6.07, 6.45) is -6.54. The number of rotatable bonds is 5. The van der Waals surface area contributed by atoms with Gasteiger partial charge in [0.25, 0.3) is 0 Å². The van der Waals surface area contributed by atoms with E-state index in [0.29, 0.717) is 32.4 Å². The Hall–Kier alpha value is -0.430. The van der Waals surface area contributed by atoms with E-state index < -0.39 is 36.6 Å². The smallest absolute Gasteiger partial charge is 0.389 e. The van der Waals surface area contributed by atoms with E-state index in [1.165, 1.54) is 0 Å². The van der Waals surface area contributed by atoms with Crippen LogP contribution in [0.15, 0.2) is 0 Å². The van der Waals surface area contributed by atoms with Crippen LogP contribution in [0.25, 0.3) is 0 Å². The van der Waals surface area contributed by atoms with E-state index in [1.807, 2.05) is 0 Å². The predicted octanol–water partition coefficient (Wildman–Crippen LogP) is 3.20. The lowest BCUT2D eigenvalue weighted by Gasteiger charge is -2.44. The standard InChI is InChI=1S/C13H20F5NO/c14-11(15)10-7-9(20)8-19(12(10)4-5-12)6-2-1-3-13(16,17)18/h9-11,20H,1-8H2. The average molecular weight is 301 g/mol. The molecular formula is C13H20F5NO. The minimum absolute atomic E-state index is 0.00548. The van der Waals surface area contributed by atoms with Crippen molar-refractivity contribution in [1.82, 2.24) is 4.90 Å². The van der Waals surface area contributed by atoms with E-state index in [-0.39, 0.29) is 12.8 Å². The first-order valence-corrected chi connectivity index (χ1v) is 7.03. The molecule has 1 N–H and O–H groups in total. The lowest BCUT2D eigenvalue weighted by atomic mass is 9.85. The van der Waals surface area contributed by atoms with Gasteiger partial charge in [-0.3, -0.25) is 4.90 Å². The highest BCUT2D eigenvalue weighted by Gasteiger charge is 2.59. The van der Waals surface area contributed by atoms with Crippen molar-refractivity contribution in [2.45, 2.75) is 62.8 Å². The van der Waals surface area contributed by atoms with Crippen LogP contribution in [0.3, 0.4) is 0 Å². The van der Waals surface area contributed by atoms with Crippen molar-refractivity contribution in [3.8, 4) is 0 Å². The molecule has 0 aromatic carbocycles. The second-order valence-electron chi connectivity index (χ2n) is 5.95. The molecule has 1 aliphatic carbocycles. The molecule has 2 fully saturated rings. The van der Waals surface area contributed by atoms with Gasteiger partial charge in [0.05, 0.1) is 6.10 Å². The fourth-order valence-corrected chi connectivity index (χ4v) is 3.35. The highest BCUT2D eigenvalue weighted by Crippen LogP contribution is 2.53. The molecule has 20 heavy (non-hydrogen) atoms. The summed E-state index contributed by atoms with van der Waals surface area (Å²) in [5.41, 5.74) is -0.564. The summed E-state index contributed by atoms with van der Waals surface area (Å²) >= 11 is 0. The molecule has 1 spiro atoms. The molecule has 0 amide bonds. The Balaban J connectivity index is 1.87. The fourth-order valence-electron chi connectivity index (χ4n) is 3.35. The van der Waals surface area contributed by atoms with E-state index in [4.69, 9.17) is 0 Å². The maximum absolute atomic E-state index is 13.1. The molecule has 0 aromatic heterocycles. The number of β-amino-alcohol motifs (C(OH)–C–C–N with tert-alkyl or cyclic N) is 1. The van der Waals surface area contributed by atoms with Crippen LogP contribution in [-0.4, -0.2) is 47.3 Å². The molecule has 1 saturated heterocycles. The molecule has 0 aromatic rings. The van der Waals surface area contributed by atoms with Gasteiger partial charge < -0.3 is 5.11 Å². The van der Waals surface area contributed by atoms with Crippen LogP contribution in [0.1, 0.15) is 38.5 Å². The molecule has 1 heterocycles. The minimum Gasteiger partial charge on any atom is -0.392 e. The Morgan fingerprint density at radius 3 is 2.35 bits per heavy atom. The first-order valence-electron chi connectivity index (χ1n) is 7.03. The third-order valence-corrected chi connectivity index (χ3v) is 4.48. The summed E-state index contributed by atoms with van der Waals surface area (Å²) in [4.78, 5) is 1.80. The van der Waals surface area contributed by atoms with Crippen molar-refractivity contribution in [3.05, 3.63) is 0 Å². The zero-order valence-corrected chi connectivity index (χ0v) is 11.2. The van der Waals surface area contributed by atoms with E-state index in [9.17, 15) is 27.1 Å². The summed E-state index contributed by atoms with van der Waals surface area (Å²) < 4.78 is 62.3. The monoisotopic (exact) mass is 301 g/mol. The summed E-state index contributed by atoms with van der Waals surface area (Å²) in [5.74, 6) is -0.853. The zero-order chi connectivity index (χ0) is 15.0. The number of unbranched alkanes of at least 4 members (excludes halogenated alkanes) is 1. The van der Waals surface area contributed by atoms with Crippen LogP contribution in [0.4, 0.5) is 22.0 Å². The van der Waals surface area contributed by atoms with Crippen molar-refractivity contribution in [1.29, 1.82) is 0 Å². The van der Waals surface area contributed by atoms with Gasteiger partial charge in [0.1, 0.15) is 0 Å². The molecule has 118 valence electrons. The van der Waals surface area contributed by atoms with E-state index in [2.05, 4.69) is 0 Å². The van der Waals surface area contributed by atoms with E-state index in [0.717, 1.165) is 0 Å². The first-order chi connectivity index (χ1) is 9.24. The number of piperidine rings is 1. The van der Waals surface area contributed by atoms with Gasteiger partial charge in [-0.25, -0.2) is 8.78 Å². The quantitative estimate of drug-likeness (QED) is 0.622. The number of alkyl halides is 5. The Labute approximate surface area is 114 Å². The average Bonchev–Trinajstić information content (AvgIpc) is 3.08. The van der Waals surface area contributed by atoms with E-state index >= 15 is 0 Å². The van der Waals surface area contributed by atoms with Gasteiger partial charge in [-0.15, -0.1) is 0 Å². The molecule has 1 saturated carbocycles. The van der Waals surface area contributed by atoms with Gasteiger partial charge in [0.2, 0.25) is 6.43 Å². The first kappa shape index (κ1) is 15.9. The molecule has 2 aliphatic rings. The molecular weight excluding hydrogens is 281 g/mol. The summed E-state index contributed by atoms with van der Waals surface area (Å²) in [7, 11) is 0. The van der Waals surface area contributed by atoms with Crippen molar-refractivity contribution < 1.29 is 27.1 Å². The molecule has 2 rings (SSSR count). The number of hydrogen-bond donors (Lipinski definition) is 1. The van der Waals surface area contributed by atoms with Crippen molar-refractivity contribution >= 4 is 0 Å². The molecule has 0 radical (unpaired) electrons. The third-order valence-electron chi connectivity index (χ3n) is 4.48. The Morgan fingerprint density at radius 1 is 1.20 bits per heavy atom. The largest absolute Gasteiger partial charge is 0.392 e. The maximum atomic E-state index is 13.1. The molecule has 0 bridgehead atoms. The SMILES string of the molecule is OC1CC(C(F)F)C2(CC2)N(CCCCC(F)(F)F)C1. The number of nitrogens with zero attached hydrogens (tertiary/aromatic N) is 1. The second kappa shape index (κ2) is 5.75. The Kier molecular flexibility index (Phi) is 4.59. The lowest BCUT2D eigenvalue weighted by Crippen LogP contribution is -2.54. The van der Waals surface area contributed by atoms with Gasteiger partial charge in [0.15, 0.2) is 0 Å². The topological polar surface area (TPSA) is 23.5 Å². The Morgan fingerprint density at radius 2 is 1.85 bits per heavy atom. The number of hydrogen-bond acceptors (Lipinski definition) is 2. The van der Waals surface area contributed by atoms with E-state index in [1.54, 1.807) is 4.90 Å². The van der Waals surface area contributed by atoms with Crippen LogP contribution in [-0.2, 0) is 0 Å². The number of likely N-dealkylation sites (tertiary alicyclic amines) is 1. The highest BCUT2D eigenvalue weighted by molar-refractivity contribution is 5.12. The fraction of sp³-hybridized carbons (Fsp3) is 1.00. The molecule has 2 atom stereocenters. The lowest BCUT2D eigenvalue weighted by molar-refractivity contribution is -0.136. The van der Waals surface area contributed by atoms with Crippen LogP contribution in [0.5, 0.6) is 0 Å². The molecule has 2 nitrogen and oxygen atoms in total. The Bertz CT molecular complexity index is 329. The molecule has 2 unspecified atom stereocenters. The third kappa shape index (κ3) is 3.61. The van der Waals surface area contributed by atoms with Crippen molar-refractivity contribution in [2.24, 2.45) is 5.92 Å².